The van der Waals surface area contributed by atoms with Gasteiger partial charge in [-0.3, -0.25) is 18.9 Å². The van der Waals surface area contributed by atoms with E-state index in [2.05, 4.69) is 20.6 Å². The maximum atomic E-state index is 13.3. The molecule has 228 valence electrons. The van der Waals surface area contributed by atoms with E-state index in [1.165, 1.54) is 15.9 Å². The zero-order chi connectivity index (χ0) is 30.7. The second-order valence-electron chi connectivity index (χ2n) is 9.55. The first-order chi connectivity index (χ1) is 20.0. The summed E-state index contributed by atoms with van der Waals surface area (Å²) in [5, 5.41) is 14.2. The molecule has 42 heavy (non-hydrogen) atoms. The fourth-order valence-corrected chi connectivity index (χ4v) is 4.77. The number of anilines is 1. The molecule has 5 N–H and O–H groups in total. The lowest BCUT2D eigenvalue weighted by atomic mass is 10.2. The Hall–Kier alpha value is -4.07. The van der Waals surface area contributed by atoms with Crippen LogP contribution in [0.15, 0.2) is 36.4 Å². The molecule has 2 aromatic rings. The van der Waals surface area contributed by atoms with E-state index in [-0.39, 0.29) is 63.1 Å². The number of carbonyl (C=O) groups excluding carboxylic acids is 3. The third kappa shape index (κ3) is 10.1. The Labute approximate surface area is 242 Å². The number of rotatable bonds is 13. The number of nitrogens with one attached hydrogen (secondary N) is 2. The SMILES string of the molecule is CCCCOC(=O)N1CCN(C(=O)[C@H](CP(=O)(O)O)NC(=O)c2cc(NCCC(=O)O)nc(-c3ccccc3)n2)CC1. The van der Waals surface area contributed by atoms with Crippen LogP contribution in [0.25, 0.3) is 11.4 Å². The number of aliphatic carboxylic acids is 1. The van der Waals surface area contributed by atoms with Gasteiger partial charge in [0.05, 0.1) is 19.2 Å². The first kappa shape index (κ1) is 32.4. The molecule has 0 saturated carbocycles. The zero-order valence-corrected chi connectivity index (χ0v) is 24.0. The van der Waals surface area contributed by atoms with Crippen LogP contribution in [0.4, 0.5) is 10.6 Å². The van der Waals surface area contributed by atoms with Crippen LogP contribution < -0.4 is 10.6 Å². The molecule has 2 heterocycles. The van der Waals surface area contributed by atoms with Gasteiger partial charge in [0, 0.05) is 44.4 Å². The minimum Gasteiger partial charge on any atom is -0.481 e. The van der Waals surface area contributed by atoms with Gasteiger partial charge in [0.15, 0.2) is 5.82 Å². The molecule has 1 fully saturated rings. The Bertz CT molecular complexity index is 1300. The highest BCUT2D eigenvalue weighted by atomic mass is 31.2. The predicted molar refractivity (Wildman–Crippen MR) is 151 cm³/mol. The summed E-state index contributed by atoms with van der Waals surface area (Å²) in [6, 6.07) is 8.34. The number of unbranched alkanes of at least 4 members (excludes halogenated alkanes) is 1. The smallest absolute Gasteiger partial charge is 0.409 e. The lowest BCUT2D eigenvalue weighted by molar-refractivity contribution is -0.136. The van der Waals surface area contributed by atoms with E-state index in [1.807, 2.05) is 6.92 Å². The Balaban J connectivity index is 1.77. The Morgan fingerprint density at radius 3 is 2.33 bits per heavy atom. The van der Waals surface area contributed by atoms with Crippen LogP contribution in [0, 0.1) is 0 Å². The Morgan fingerprint density at radius 2 is 1.71 bits per heavy atom. The van der Waals surface area contributed by atoms with Crippen molar-refractivity contribution in [3.05, 3.63) is 42.1 Å². The number of carbonyl (C=O) groups is 4. The molecule has 0 radical (unpaired) electrons. The van der Waals surface area contributed by atoms with E-state index in [4.69, 9.17) is 9.84 Å². The van der Waals surface area contributed by atoms with Crippen molar-refractivity contribution in [3.63, 3.8) is 0 Å². The van der Waals surface area contributed by atoms with Crippen molar-refractivity contribution >= 4 is 37.3 Å². The number of carboxylic acid groups (broad SMARTS) is 1. The Kier molecular flexibility index (Phi) is 11.8. The van der Waals surface area contributed by atoms with Crippen LogP contribution in [0.1, 0.15) is 36.7 Å². The van der Waals surface area contributed by atoms with Crippen molar-refractivity contribution < 1.29 is 43.4 Å². The van der Waals surface area contributed by atoms with Gasteiger partial charge in [-0.05, 0) is 6.42 Å². The number of nitrogens with zero attached hydrogens (tertiary/aromatic N) is 4. The van der Waals surface area contributed by atoms with Gasteiger partial charge in [-0.25, -0.2) is 14.8 Å². The number of benzene rings is 1. The van der Waals surface area contributed by atoms with E-state index >= 15 is 0 Å². The molecule has 3 rings (SSSR count). The molecule has 0 bridgehead atoms. The molecule has 3 amide bonds. The Morgan fingerprint density at radius 1 is 1.05 bits per heavy atom. The molecule has 16 heteroatoms. The topological polar surface area (TPSA) is 212 Å². The molecule has 1 atom stereocenters. The van der Waals surface area contributed by atoms with E-state index in [9.17, 15) is 33.5 Å². The number of hydrogen-bond acceptors (Lipinski definition) is 9. The third-order valence-corrected chi connectivity index (χ3v) is 7.07. The molecular formula is C26H35N6O9P. The minimum absolute atomic E-state index is 0.0130. The first-order valence-corrected chi connectivity index (χ1v) is 15.2. The standard InChI is InChI=1S/C26H35N6O9P/c1-2-3-15-41-26(37)32-13-11-31(12-14-32)25(36)20(17-42(38,39)40)29-24(35)19-16-21(27-10-9-22(33)34)30-23(28-19)18-7-5-4-6-8-18/h4-8,16,20H,2-3,9-15,17H2,1H3,(H,29,35)(H,33,34)(H,27,28,30)(H2,38,39,40)/t20-/m0/s1. The molecule has 1 aromatic carbocycles. The van der Waals surface area contributed by atoms with Crippen LogP contribution in [0.5, 0.6) is 0 Å². The number of piperazine rings is 1. The molecule has 1 saturated heterocycles. The second-order valence-corrected chi connectivity index (χ2v) is 11.2. The van der Waals surface area contributed by atoms with Crippen LogP contribution in [-0.2, 0) is 18.9 Å². The van der Waals surface area contributed by atoms with Crippen molar-refractivity contribution in [3.8, 4) is 11.4 Å². The monoisotopic (exact) mass is 606 g/mol. The number of amides is 3. The summed E-state index contributed by atoms with van der Waals surface area (Å²) in [5.74, 6) is -2.36. The number of aromatic nitrogens is 2. The highest BCUT2D eigenvalue weighted by molar-refractivity contribution is 7.51. The average Bonchev–Trinajstić information content (AvgIpc) is 2.96. The van der Waals surface area contributed by atoms with Gasteiger partial charge >= 0.3 is 19.7 Å². The van der Waals surface area contributed by atoms with E-state index in [0.717, 1.165) is 12.8 Å². The quantitative estimate of drug-likeness (QED) is 0.162. The minimum atomic E-state index is -4.76. The number of ether oxygens (including phenoxy) is 1. The molecular weight excluding hydrogens is 571 g/mol. The van der Waals surface area contributed by atoms with E-state index in [1.54, 1.807) is 30.3 Å². The molecule has 0 unspecified atom stereocenters. The second kappa shape index (κ2) is 15.2. The highest BCUT2D eigenvalue weighted by Gasteiger charge is 2.35. The van der Waals surface area contributed by atoms with Crippen LogP contribution >= 0.6 is 7.60 Å². The highest BCUT2D eigenvalue weighted by Crippen LogP contribution is 2.35. The molecule has 0 aliphatic carbocycles. The predicted octanol–water partition coefficient (Wildman–Crippen LogP) is 1.39. The molecule has 1 aliphatic heterocycles. The summed E-state index contributed by atoms with van der Waals surface area (Å²) in [5.41, 5.74) is 0.354. The maximum Gasteiger partial charge on any atom is 0.409 e. The molecule has 0 spiro atoms. The van der Waals surface area contributed by atoms with Gasteiger partial charge < -0.3 is 40.1 Å². The van der Waals surface area contributed by atoms with Crippen molar-refractivity contribution in [1.29, 1.82) is 0 Å². The van der Waals surface area contributed by atoms with E-state index in [0.29, 0.717) is 5.56 Å². The van der Waals surface area contributed by atoms with Gasteiger partial charge in [-0.15, -0.1) is 0 Å². The lowest BCUT2D eigenvalue weighted by Gasteiger charge is -2.36. The average molecular weight is 607 g/mol. The van der Waals surface area contributed by atoms with Crippen molar-refractivity contribution in [2.45, 2.75) is 32.2 Å². The lowest BCUT2D eigenvalue weighted by Crippen LogP contribution is -2.56. The number of hydrogen-bond donors (Lipinski definition) is 5. The first-order valence-electron chi connectivity index (χ1n) is 13.4. The van der Waals surface area contributed by atoms with E-state index < -0.39 is 43.7 Å². The van der Waals surface area contributed by atoms with Gasteiger partial charge in [0.1, 0.15) is 17.6 Å². The summed E-state index contributed by atoms with van der Waals surface area (Å²) in [6.07, 6.45) is -0.0619. The summed E-state index contributed by atoms with van der Waals surface area (Å²) in [7, 11) is -4.76. The normalized spacial score (nSPS) is 14.2. The zero-order valence-electron chi connectivity index (χ0n) is 23.1. The number of carboxylic acids is 1. The molecule has 1 aliphatic rings. The fraction of sp³-hybridized carbons (Fsp3) is 0.462. The summed E-state index contributed by atoms with van der Waals surface area (Å²) < 4.78 is 17.1. The van der Waals surface area contributed by atoms with Crippen LogP contribution in [-0.4, -0.2) is 110 Å². The fourth-order valence-electron chi connectivity index (χ4n) is 4.05. The van der Waals surface area contributed by atoms with Gasteiger partial charge in [0.2, 0.25) is 5.91 Å². The maximum absolute atomic E-state index is 13.3. The van der Waals surface area contributed by atoms with Gasteiger partial charge in [-0.2, -0.15) is 0 Å². The summed E-state index contributed by atoms with van der Waals surface area (Å²) >= 11 is 0. The van der Waals surface area contributed by atoms with Crippen molar-refractivity contribution in [2.24, 2.45) is 0 Å². The van der Waals surface area contributed by atoms with Crippen LogP contribution in [0.3, 0.4) is 0 Å². The largest absolute Gasteiger partial charge is 0.481 e. The molecule has 1 aromatic heterocycles. The van der Waals surface area contributed by atoms with Crippen molar-refractivity contribution in [1.82, 2.24) is 25.1 Å². The van der Waals surface area contributed by atoms with Crippen molar-refractivity contribution in [2.75, 3.05) is 50.8 Å². The van der Waals surface area contributed by atoms with Gasteiger partial charge in [-0.1, -0.05) is 43.7 Å². The molecule has 15 nitrogen and oxygen atoms in total. The summed E-state index contributed by atoms with van der Waals surface area (Å²) in [4.78, 5) is 80.4. The third-order valence-electron chi connectivity index (χ3n) is 6.23. The van der Waals surface area contributed by atoms with Crippen LogP contribution in [0.2, 0.25) is 0 Å². The van der Waals surface area contributed by atoms with Gasteiger partial charge in [0.25, 0.3) is 5.91 Å². The summed E-state index contributed by atoms with van der Waals surface area (Å²) in [6.45, 7) is 2.75.